The van der Waals surface area contributed by atoms with E-state index in [1.165, 1.54) is 4.90 Å². The quantitative estimate of drug-likeness (QED) is 0.661. The summed E-state index contributed by atoms with van der Waals surface area (Å²) in [7, 11) is 0. The first-order chi connectivity index (χ1) is 15.5. The first kappa shape index (κ1) is 22.4. The summed E-state index contributed by atoms with van der Waals surface area (Å²) in [6, 6.07) is 2.71. The summed E-state index contributed by atoms with van der Waals surface area (Å²) in [5, 5.41) is 11.8. The van der Waals surface area contributed by atoms with Crippen LogP contribution >= 0.6 is 0 Å². The average Bonchev–Trinajstić information content (AvgIpc) is 3.41. The number of carbonyl (C=O) groups is 1. The van der Waals surface area contributed by atoms with Crippen molar-refractivity contribution in [3.05, 3.63) is 29.5 Å². The lowest BCUT2D eigenvalue weighted by Crippen LogP contribution is -2.54. The summed E-state index contributed by atoms with van der Waals surface area (Å²) < 4.78 is 86.5. The number of anilines is 1. The Kier molecular flexibility index (Phi) is 5.11. The lowest BCUT2D eigenvalue weighted by Gasteiger charge is -2.37. The fourth-order valence-electron chi connectivity index (χ4n) is 4.33. The van der Waals surface area contributed by atoms with Crippen LogP contribution in [0.15, 0.2) is 22.6 Å². The van der Waals surface area contributed by atoms with Crippen molar-refractivity contribution in [2.75, 3.05) is 37.8 Å². The Morgan fingerprint density at radius 3 is 2.52 bits per heavy atom. The predicted molar refractivity (Wildman–Crippen MR) is 104 cm³/mol. The summed E-state index contributed by atoms with van der Waals surface area (Å²) in [6.07, 6.45) is -5.86. The fraction of sp³-hybridized carbons (Fsp3) is 0.571. The van der Waals surface area contributed by atoms with Crippen LogP contribution < -0.4 is 10.2 Å². The molecule has 180 valence electrons. The molecular weight excluding hydrogens is 455 g/mol. The van der Waals surface area contributed by atoms with E-state index in [9.17, 15) is 18.0 Å². The molecule has 5 rings (SSSR count). The summed E-state index contributed by atoms with van der Waals surface area (Å²) in [4.78, 5) is 14.0. The normalized spacial score (nSPS) is 25.2. The number of aliphatic hydroxyl groups is 1. The minimum atomic E-state index is -4.66. The van der Waals surface area contributed by atoms with E-state index in [1.807, 2.05) is 0 Å². The van der Waals surface area contributed by atoms with E-state index in [0.29, 0.717) is 12.8 Å². The molecule has 3 heterocycles. The van der Waals surface area contributed by atoms with Gasteiger partial charge in [-0.3, -0.25) is 4.79 Å². The first-order valence-electron chi connectivity index (χ1n) is 10.4. The molecule has 2 atom stereocenters. The Labute approximate surface area is 184 Å². The number of carbonyl (C=O) groups excluding carboxylic acids is 1. The second-order valence-electron chi connectivity index (χ2n) is 8.80. The van der Waals surface area contributed by atoms with E-state index in [0.717, 1.165) is 18.2 Å². The summed E-state index contributed by atoms with van der Waals surface area (Å²) in [5.74, 6) is -4.42. The average molecular weight is 476 g/mol. The molecule has 7 nitrogen and oxygen atoms in total. The van der Waals surface area contributed by atoms with Gasteiger partial charge in [0, 0.05) is 11.9 Å². The van der Waals surface area contributed by atoms with Gasteiger partial charge in [0.1, 0.15) is 17.8 Å². The van der Waals surface area contributed by atoms with Crippen molar-refractivity contribution >= 4 is 22.6 Å². The number of nitrogens with one attached hydrogen (secondary N) is 1. The lowest BCUT2D eigenvalue weighted by molar-refractivity contribution is -0.216. The number of benzene rings is 1. The van der Waals surface area contributed by atoms with Gasteiger partial charge < -0.3 is 29.2 Å². The zero-order valence-electron chi connectivity index (χ0n) is 17.3. The third-order valence-corrected chi connectivity index (χ3v) is 6.28. The van der Waals surface area contributed by atoms with E-state index in [2.05, 4.69) is 5.32 Å². The van der Waals surface area contributed by atoms with Gasteiger partial charge in [0.2, 0.25) is 5.76 Å². The minimum Gasteiger partial charge on any atom is -0.449 e. The zero-order chi connectivity index (χ0) is 23.6. The van der Waals surface area contributed by atoms with Crippen molar-refractivity contribution in [2.24, 2.45) is 0 Å². The fourth-order valence-corrected chi connectivity index (χ4v) is 4.33. The molecule has 1 unspecified atom stereocenters. The number of alkyl halides is 5. The van der Waals surface area contributed by atoms with Crippen LogP contribution in [0.2, 0.25) is 0 Å². The van der Waals surface area contributed by atoms with Crippen molar-refractivity contribution in [1.29, 1.82) is 0 Å². The zero-order valence-corrected chi connectivity index (χ0v) is 17.3. The molecule has 33 heavy (non-hydrogen) atoms. The molecule has 1 aliphatic carbocycles. The second-order valence-corrected chi connectivity index (χ2v) is 8.80. The molecule has 0 radical (unpaired) electrons. The van der Waals surface area contributed by atoms with E-state index in [4.69, 9.17) is 19.0 Å². The number of amides is 1. The molecule has 0 bridgehead atoms. The summed E-state index contributed by atoms with van der Waals surface area (Å²) in [5.41, 5.74) is -1.82. The highest BCUT2D eigenvalue weighted by Gasteiger charge is 2.52. The van der Waals surface area contributed by atoms with Gasteiger partial charge in [-0.15, -0.1) is 0 Å². The number of rotatable bonds is 4. The molecule has 1 saturated heterocycles. The Morgan fingerprint density at radius 2 is 1.91 bits per heavy atom. The maximum atomic E-state index is 15.3. The predicted octanol–water partition coefficient (Wildman–Crippen LogP) is 2.95. The van der Waals surface area contributed by atoms with E-state index in [-0.39, 0.29) is 42.2 Å². The number of hydrogen-bond donors (Lipinski definition) is 2. The number of ether oxygens (including phenoxy) is 2. The minimum absolute atomic E-state index is 0.00810. The third kappa shape index (κ3) is 4.04. The maximum Gasteiger partial charge on any atom is 0.416 e. The van der Waals surface area contributed by atoms with Gasteiger partial charge in [-0.1, -0.05) is 0 Å². The van der Waals surface area contributed by atoms with Crippen molar-refractivity contribution in [1.82, 2.24) is 5.32 Å². The van der Waals surface area contributed by atoms with Gasteiger partial charge in [0.15, 0.2) is 0 Å². The van der Waals surface area contributed by atoms with Crippen LogP contribution in [-0.2, 0) is 15.7 Å². The van der Waals surface area contributed by atoms with Crippen LogP contribution in [-0.4, -0.2) is 67.6 Å². The molecule has 3 aliphatic rings. The number of nitrogens with zero attached hydrogens (tertiary/aromatic N) is 1. The highest BCUT2D eigenvalue weighted by molar-refractivity contribution is 6.08. The van der Waals surface area contributed by atoms with Crippen molar-refractivity contribution in [2.45, 2.75) is 42.7 Å². The van der Waals surface area contributed by atoms with Crippen LogP contribution in [0.25, 0.3) is 11.0 Å². The molecule has 1 saturated carbocycles. The Bertz CT molecular complexity index is 1070. The van der Waals surface area contributed by atoms with E-state index in [1.54, 1.807) is 0 Å². The second kappa shape index (κ2) is 7.54. The summed E-state index contributed by atoms with van der Waals surface area (Å²) >= 11 is 0. The lowest BCUT2D eigenvalue weighted by atomic mass is 10.1. The van der Waals surface area contributed by atoms with Crippen molar-refractivity contribution in [3.63, 3.8) is 0 Å². The highest BCUT2D eigenvalue weighted by Crippen LogP contribution is 2.46. The number of furan rings is 1. The largest absolute Gasteiger partial charge is 0.449 e. The van der Waals surface area contributed by atoms with Crippen LogP contribution in [0.5, 0.6) is 0 Å². The smallest absolute Gasteiger partial charge is 0.416 e. The number of halogens is 5. The van der Waals surface area contributed by atoms with Crippen LogP contribution in [0.1, 0.15) is 29.0 Å². The Hall–Kier alpha value is -2.44. The maximum absolute atomic E-state index is 15.3. The third-order valence-electron chi connectivity index (χ3n) is 6.28. The molecule has 2 fully saturated rings. The molecule has 1 amide bonds. The van der Waals surface area contributed by atoms with Gasteiger partial charge in [0.25, 0.3) is 11.8 Å². The number of hydrogen-bond acceptors (Lipinski definition) is 6. The molecule has 2 aromatic rings. The Morgan fingerprint density at radius 1 is 1.15 bits per heavy atom. The van der Waals surface area contributed by atoms with Crippen LogP contribution in [0, 0.1) is 0 Å². The van der Waals surface area contributed by atoms with Crippen molar-refractivity contribution < 1.29 is 45.7 Å². The molecule has 1 spiro atoms. The standard InChI is InChI=1S/C21H21F5N2O5/c22-20(23,15-8-31-12(6-29)7-32-15)10-28-9-19(3-4-19)27-18(30)17-16(28)13-5-11(21(24,25)26)1-2-14(13)33-17/h1-2,5,12,15,29H,3-4,6-10H2,(H,27,30)/t12-,15?/m1/s1. The van der Waals surface area contributed by atoms with Gasteiger partial charge in [-0.05, 0) is 31.0 Å². The number of aliphatic hydroxyl groups excluding tert-OH is 1. The van der Waals surface area contributed by atoms with E-state index >= 15 is 8.78 Å². The SMILES string of the molecule is O=C1NC2(CC2)CN(CC(F)(F)C2CO[C@H](CO)CO2)c2c1oc1ccc(C(F)(F)F)cc21. The molecule has 1 aromatic carbocycles. The highest BCUT2D eigenvalue weighted by atomic mass is 19.4. The monoisotopic (exact) mass is 476 g/mol. The molecule has 12 heteroatoms. The van der Waals surface area contributed by atoms with Gasteiger partial charge in [-0.25, -0.2) is 8.78 Å². The van der Waals surface area contributed by atoms with Gasteiger partial charge in [0.05, 0.1) is 43.2 Å². The summed E-state index contributed by atoms with van der Waals surface area (Å²) in [6.45, 7) is -1.97. The number of fused-ring (bicyclic) bond motifs is 3. The molecule has 2 N–H and O–H groups in total. The van der Waals surface area contributed by atoms with Gasteiger partial charge >= 0.3 is 6.18 Å². The Balaban J connectivity index is 1.54. The topological polar surface area (TPSA) is 84.2 Å². The first-order valence-corrected chi connectivity index (χ1v) is 10.4. The van der Waals surface area contributed by atoms with Crippen LogP contribution in [0.3, 0.4) is 0 Å². The van der Waals surface area contributed by atoms with Crippen LogP contribution in [0.4, 0.5) is 27.6 Å². The molecular formula is C21H21F5N2O5. The van der Waals surface area contributed by atoms with E-state index < -0.39 is 54.5 Å². The molecule has 1 aromatic heterocycles. The molecule has 2 aliphatic heterocycles. The van der Waals surface area contributed by atoms with Gasteiger partial charge in [-0.2, -0.15) is 13.2 Å². The van der Waals surface area contributed by atoms with Crippen molar-refractivity contribution in [3.8, 4) is 0 Å².